The van der Waals surface area contributed by atoms with Gasteiger partial charge in [0.2, 0.25) is 15.9 Å². The Morgan fingerprint density at radius 1 is 0.818 bits per heavy atom. The molecule has 6 atom stereocenters. The first-order valence-electron chi connectivity index (χ1n) is 19.7. The third kappa shape index (κ3) is 9.90. The molecule has 1 amide bonds. The van der Waals surface area contributed by atoms with Gasteiger partial charge in [0.25, 0.3) is 0 Å². The predicted octanol–water partition coefficient (Wildman–Crippen LogP) is 6.37. The van der Waals surface area contributed by atoms with E-state index in [-0.39, 0.29) is 36.0 Å². The summed E-state index contributed by atoms with van der Waals surface area (Å²) >= 11 is 0. The van der Waals surface area contributed by atoms with Crippen LogP contribution in [0.3, 0.4) is 0 Å². The van der Waals surface area contributed by atoms with Gasteiger partial charge in [-0.1, -0.05) is 91.3 Å². The highest BCUT2D eigenvalue weighted by molar-refractivity contribution is 7.89. The first-order chi connectivity index (χ1) is 26.6. The second-order valence-corrected chi connectivity index (χ2v) is 17.1. The van der Waals surface area contributed by atoms with Gasteiger partial charge in [-0.25, -0.2) is 8.42 Å². The van der Waals surface area contributed by atoms with Crippen LogP contribution < -0.4 is 10.0 Å². The van der Waals surface area contributed by atoms with Crippen molar-refractivity contribution in [2.24, 2.45) is 5.92 Å². The van der Waals surface area contributed by atoms with E-state index in [1.807, 2.05) is 73.7 Å². The molecule has 4 aromatic carbocycles. The lowest BCUT2D eigenvalue weighted by atomic mass is 9.90. The van der Waals surface area contributed by atoms with Crippen LogP contribution in [0.1, 0.15) is 72.8 Å². The van der Waals surface area contributed by atoms with Crippen LogP contribution in [0.25, 0.3) is 0 Å². The van der Waals surface area contributed by atoms with Gasteiger partial charge in [0.05, 0.1) is 23.7 Å². The standard InChI is InChI=1S/C44H54N4O6S/c1-31-12-22-39(23-13-31)55(51,52)46-40(27-33-9-4-3-5-10-33)43(50)45-37-20-18-36(19-21-37)44-53-41(29-48-26-8-11-38(48)28-47-24-6-7-25-47)32(2)42(54-44)35-16-14-34(30-49)15-17-35/h3-5,9-10,12-23,32,38,40-42,44,46,49H,6-8,11,24-30H2,1-2H3,(H,45,50)/t32-,38+,40-,41+,42+,44+/m1/s1. The van der Waals surface area contributed by atoms with Crippen molar-refractivity contribution in [1.82, 2.24) is 14.5 Å². The van der Waals surface area contributed by atoms with Crippen LogP contribution in [-0.4, -0.2) is 80.1 Å². The van der Waals surface area contributed by atoms with Crippen molar-refractivity contribution < 1.29 is 27.8 Å². The molecule has 3 fully saturated rings. The van der Waals surface area contributed by atoms with Crippen LogP contribution >= 0.6 is 0 Å². The molecule has 3 aliphatic rings. The fourth-order valence-electron chi connectivity index (χ4n) is 8.13. The number of hydrogen-bond donors (Lipinski definition) is 3. The minimum Gasteiger partial charge on any atom is -0.392 e. The summed E-state index contributed by atoms with van der Waals surface area (Å²) in [5, 5.41) is 12.6. The van der Waals surface area contributed by atoms with Gasteiger partial charge in [-0.2, -0.15) is 4.72 Å². The highest BCUT2D eigenvalue weighted by Crippen LogP contribution is 2.42. The van der Waals surface area contributed by atoms with Gasteiger partial charge < -0.3 is 24.8 Å². The van der Waals surface area contributed by atoms with Gasteiger partial charge >= 0.3 is 0 Å². The van der Waals surface area contributed by atoms with Gasteiger partial charge in [-0.05, 0) is 99.6 Å². The number of sulfonamides is 1. The van der Waals surface area contributed by atoms with E-state index >= 15 is 0 Å². The molecule has 3 heterocycles. The molecule has 7 rings (SSSR count). The van der Waals surface area contributed by atoms with Crippen LogP contribution in [0.4, 0.5) is 5.69 Å². The van der Waals surface area contributed by atoms with Crippen LogP contribution in [0.5, 0.6) is 0 Å². The number of amides is 1. The number of nitrogens with one attached hydrogen (secondary N) is 2. The van der Waals surface area contributed by atoms with Crippen molar-refractivity contribution in [3.63, 3.8) is 0 Å². The number of ether oxygens (including phenoxy) is 2. The molecular weight excluding hydrogens is 713 g/mol. The monoisotopic (exact) mass is 766 g/mol. The average Bonchev–Trinajstić information content (AvgIpc) is 3.88. The lowest BCUT2D eigenvalue weighted by molar-refractivity contribution is -0.276. The first-order valence-corrected chi connectivity index (χ1v) is 21.1. The minimum atomic E-state index is -3.98. The fraction of sp³-hybridized carbons (Fsp3) is 0.432. The minimum absolute atomic E-state index is 0.0163. The normalized spacial score (nSPS) is 24.2. The van der Waals surface area contributed by atoms with E-state index in [0.717, 1.165) is 47.5 Å². The summed E-state index contributed by atoms with van der Waals surface area (Å²) in [6.07, 6.45) is 4.20. The highest BCUT2D eigenvalue weighted by atomic mass is 32.2. The molecular formula is C44H54N4O6S. The Morgan fingerprint density at radius 3 is 2.20 bits per heavy atom. The first kappa shape index (κ1) is 39.3. The van der Waals surface area contributed by atoms with Crippen molar-refractivity contribution in [2.75, 3.05) is 38.0 Å². The van der Waals surface area contributed by atoms with E-state index < -0.39 is 28.3 Å². The molecule has 3 saturated heterocycles. The Labute approximate surface area is 325 Å². The summed E-state index contributed by atoms with van der Waals surface area (Å²) in [6.45, 7) is 9.45. The molecule has 0 radical (unpaired) electrons. The molecule has 0 saturated carbocycles. The number of anilines is 1. The number of aliphatic hydroxyl groups excluding tert-OH is 1. The maximum Gasteiger partial charge on any atom is 0.242 e. The zero-order valence-corrected chi connectivity index (χ0v) is 32.7. The summed E-state index contributed by atoms with van der Waals surface area (Å²) in [5.74, 6) is -0.389. The number of carbonyl (C=O) groups is 1. The van der Waals surface area contributed by atoms with Crippen molar-refractivity contribution in [2.45, 2.75) is 88.0 Å². The summed E-state index contributed by atoms with van der Waals surface area (Å²) < 4.78 is 43.0. The van der Waals surface area contributed by atoms with Gasteiger partial charge in [-0.3, -0.25) is 9.69 Å². The smallest absolute Gasteiger partial charge is 0.242 e. The lowest BCUT2D eigenvalue weighted by Gasteiger charge is -2.43. The predicted molar refractivity (Wildman–Crippen MR) is 214 cm³/mol. The van der Waals surface area contributed by atoms with E-state index in [9.17, 15) is 18.3 Å². The molecule has 292 valence electrons. The van der Waals surface area contributed by atoms with Crippen molar-refractivity contribution in [3.05, 3.63) is 131 Å². The molecule has 10 nitrogen and oxygen atoms in total. The Balaban J connectivity index is 1.08. The molecule has 0 aliphatic carbocycles. The van der Waals surface area contributed by atoms with Gasteiger partial charge in [-0.15, -0.1) is 0 Å². The fourth-order valence-corrected chi connectivity index (χ4v) is 9.32. The van der Waals surface area contributed by atoms with Gasteiger partial charge in [0, 0.05) is 36.3 Å². The van der Waals surface area contributed by atoms with E-state index in [4.69, 9.17) is 9.47 Å². The number of likely N-dealkylation sites (tertiary alicyclic amines) is 2. The second kappa shape index (κ2) is 17.9. The summed E-state index contributed by atoms with van der Waals surface area (Å²) in [5.41, 5.74) is 5.01. The Hall–Kier alpha value is -3.94. The molecule has 3 N–H and O–H groups in total. The van der Waals surface area contributed by atoms with Crippen molar-refractivity contribution in [1.29, 1.82) is 0 Å². The Bertz CT molecular complexity index is 1950. The Kier molecular flexibility index (Phi) is 12.8. The summed E-state index contributed by atoms with van der Waals surface area (Å²) in [4.78, 5) is 19.1. The Morgan fingerprint density at radius 2 is 1.51 bits per heavy atom. The number of rotatable bonds is 14. The largest absolute Gasteiger partial charge is 0.392 e. The van der Waals surface area contributed by atoms with E-state index in [1.54, 1.807) is 36.4 Å². The maximum atomic E-state index is 13.8. The zero-order valence-electron chi connectivity index (χ0n) is 31.8. The van der Waals surface area contributed by atoms with E-state index in [0.29, 0.717) is 11.7 Å². The number of carbonyl (C=O) groups excluding carboxylic acids is 1. The second-order valence-electron chi connectivity index (χ2n) is 15.4. The summed E-state index contributed by atoms with van der Waals surface area (Å²) in [7, 11) is -3.98. The molecule has 0 aromatic heterocycles. The maximum absolute atomic E-state index is 13.8. The topological polar surface area (TPSA) is 120 Å². The van der Waals surface area contributed by atoms with Gasteiger partial charge in [0.1, 0.15) is 6.04 Å². The van der Waals surface area contributed by atoms with E-state index in [2.05, 4.69) is 26.8 Å². The number of aliphatic hydroxyl groups is 1. The molecule has 0 spiro atoms. The molecule has 0 bridgehead atoms. The molecule has 3 aliphatic heterocycles. The molecule has 55 heavy (non-hydrogen) atoms. The van der Waals surface area contributed by atoms with E-state index in [1.165, 1.54) is 38.8 Å². The SMILES string of the molecule is Cc1ccc(S(=O)(=O)N[C@H](Cc2ccccc2)C(=O)Nc2ccc([C@H]3O[C@@H](CN4CCC[C@H]4CN4CCCC4)[C@@H](C)[C@@H](c4ccc(CO)cc4)O3)cc2)cc1. The van der Waals surface area contributed by atoms with Crippen LogP contribution in [0.2, 0.25) is 0 Å². The number of nitrogens with zero attached hydrogens (tertiary/aromatic N) is 2. The quantitative estimate of drug-likeness (QED) is 0.136. The molecule has 11 heteroatoms. The van der Waals surface area contributed by atoms with Crippen LogP contribution in [0.15, 0.2) is 108 Å². The van der Waals surface area contributed by atoms with Crippen molar-refractivity contribution >= 4 is 21.6 Å². The zero-order chi connectivity index (χ0) is 38.4. The third-order valence-corrected chi connectivity index (χ3v) is 12.9. The lowest BCUT2D eigenvalue weighted by Crippen LogP contribution is -2.48. The number of benzene rings is 4. The van der Waals surface area contributed by atoms with Gasteiger partial charge in [0.15, 0.2) is 6.29 Å². The van der Waals surface area contributed by atoms with Crippen LogP contribution in [0, 0.1) is 12.8 Å². The number of hydrogen-bond acceptors (Lipinski definition) is 8. The molecule has 4 aromatic rings. The average molecular weight is 767 g/mol. The molecule has 0 unspecified atom stereocenters. The van der Waals surface area contributed by atoms with Crippen LogP contribution in [-0.2, 0) is 37.3 Å². The number of aryl methyl sites for hydroxylation is 1. The van der Waals surface area contributed by atoms with Crippen molar-refractivity contribution in [3.8, 4) is 0 Å². The highest BCUT2D eigenvalue weighted by Gasteiger charge is 2.41. The third-order valence-electron chi connectivity index (χ3n) is 11.4. The summed E-state index contributed by atoms with van der Waals surface area (Å²) in [6, 6.07) is 30.7.